The topological polar surface area (TPSA) is 59.5 Å². The first-order chi connectivity index (χ1) is 11.8. The van der Waals surface area contributed by atoms with Gasteiger partial charge in [0.15, 0.2) is 0 Å². The molecule has 0 aliphatic carbocycles. The molecule has 5 nitrogen and oxygen atoms in total. The van der Waals surface area contributed by atoms with Gasteiger partial charge >= 0.3 is 5.97 Å². The van der Waals surface area contributed by atoms with Crippen molar-refractivity contribution in [3.8, 4) is 0 Å². The van der Waals surface area contributed by atoms with Gasteiger partial charge in [-0.3, -0.25) is 9.78 Å². The van der Waals surface area contributed by atoms with Crippen LogP contribution in [0.4, 0.5) is 5.69 Å². The van der Waals surface area contributed by atoms with Crippen molar-refractivity contribution < 1.29 is 14.3 Å². The van der Waals surface area contributed by atoms with Gasteiger partial charge in [-0.05, 0) is 57.9 Å². The van der Waals surface area contributed by atoms with Crippen LogP contribution in [-0.2, 0) is 9.53 Å². The van der Waals surface area contributed by atoms with Crippen molar-refractivity contribution in [2.24, 2.45) is 5.92 Å². The number of carbonyl (C=O) groups is 2. The maximum absolute atomic E-state index is 12.5. The molecule has 1 aliphatic heterocycles. The van der Waals surface area contributed by atoms with Crippen LogP contribution in [0.5, 0.6) is 0 Å². The second-order valence-corrected chi connectivity index (χ2v) is 7.60. The van der Waals surface area contributed by atoms with Crippen LogP contribution in [0.1, 0.15) is 50.9 Å². The first kappa shape index (κ1) is 17.4. The van der Waals surface area contributed by atoms with Crippen molar-refractivity contribution in [3.05, 3.63) is 36.0 Å². The van der Waals surface area contributed by atoms with E-state index in [1.54, 1.807) is 17.2 Å². The van der Waals surface area contributed by atoms with E-state index in [0.29, 0.717) is 23.0 Å². The normalized spacial score (nSPS) is 18.5. The van der Waals surface area contributed by atoms with Crippen LogP contribution in [0.15, 0.2) is 30.5 Å². The summed E-state index contributed by atoms with van der Waals surface area (Å²) in [7, 11) is 0. The van der Waals surface area contributed by atoms with E-state index >= 15 is 0 Å². The van der Waals surface area contributed by atoms with Gasteiger partial charge in [-0.15, -0.1) is 0 Å². The lowest BCUT2D eigenvalue weighted by Crippen LogP contribution is -2.40. The zero-order chi connectivity index (χ0) is 18.2. The Morgan fingerprint density at radius 2 is 2.04 bits per heavy atom. The fourth-order valence-corrected chi connectivity index (χ4v) is 3.12. The minimum atomic E-state index is -0.567. The Morgan fingerprint density at radius 3 is 2.76 bits per heavy atom. The highest BCUT2D eigenvalue weighted by atomic mass is 16.6. The summed E-state index contributed by atoms with van der Waals surface area (Å²) in [5, 5.41) is 0.709. The van der Waals surface area contributed by atoms with Crippen molar-refractivity contribution in [2.75, 3.05) is 11.4 Å². The summed E-state index contributed by atoms with van der Waals surface area (Å²) in [6, 6.07) is 7.29. The van der Waals surface area contributed by atoms with Crippen LogP contribution >= 0.6 is 0 Å². The largest absolute Gasteiger partial charge is 0.456 e. The highest BCUT2D eigenvalue weighted by molar-refractivity contribution is 6.05. The Morgan fingerprint density at radius 1 is 1.28 bits per heavy atom. The van der Waals surface area contributed by atoms with Gasteiger partial charge in [0.25, 0.3) is 0 Å². The van der Waals surface area contributed by atoms with Gasteiger partial charge in [0.05, 0.1) is 11.1 Å². The quantitative estimate of drug-likeness (QED) is 0.777. The minimum Gasteiger partial charge on any atom is -0.456 e. The van der Waals surface area contributed by atoms with E-state index in [0.717, 1.165) is 18.5 Å². The molecule has 1 unspecified atom stereocenters. The van der Waals surface area contributed by atoms with Gasteiger partial charge < -0.3 is 9.64 Å². The molecule has 0 N–H and O–H groups in total. The number of amides is 1. The predicted molar refractivity (Wildman–Crippen MR) is 97.7 cm³/mol. The summed E-state index contributed by atoms with van der Waals surface area (Å²) >= 11 is 0. The molecule has 132 valence electrons. The van der Waals surface area contributed by atoms with Gasteiger partial charge in [-0.25, -0.2) is 4.79 Å². The van der Waals surface area contributed by atoms with Crippen molar-refractivity contribution >= 4 is 28.5 Å². The molecule has 0 spiro atoms. The number of anilines is 1. The standard InChI is InChI=1S/C20H24N2O3/c1-13-6-5-11-22(18(13)23)14-7-8-17-16(12-14)15(9-10-21-17)19(24)25-20(2,3)4/h7-10,12-13H,5-6,11H2,1-4H3. The highest BCUT2D eigenvalue weighted by Gasteiger charge is 2.27. The van der Waals surface area contributed by atoms with Crippen LogP contribution in [0.3, 0.4) is 0 Å². The molecule has 25 heavy (non-hydrogen) atoms. The molecule has 1 fully saturated rings. The molecule has 1 amide bonds. The SMILES string of the molecule is CC1CCCN(c2ccc3nccc(C(=O)OC(C)(C)C)c3c2)C1=O. The molecular formula is C20H24N2O3. The number of rotatable bonds is 2. The molecule has 2 aromatic rings. The van der Waals surface area contributed by atoms with E-state index in [4.69, 9.17) is 4.74 Å². The summed E-state index contributed by atoms with van der Waals surface area (Å²) in [5.41, 5.74) is 1.42. The maximum Gasteiger partial charge on any atom is 0.339 e. The summed E-state index contributed by atoms with van der Waals surface area (Å²) in [5.74, 6) is -0.215. The smallest absolute Gasteiger partial charge is 0.339 e. The minimum absolute atomic E-state index is 0.0312. The number of benzene rings is 1. The number of esters is 1. The number of hydrogen-bond donors (Lipinski definition) is 0. The number of hydrogen-bond acceptors (Lipinski definition) is 4. The van der Waals surface area contributed by atoms with Crippen LogP contribution in [-0.4, -0.2) is 29.0 Å². The third-order valence-electron chi connectivity index (χ3n) is 4.36. The predicted octanol–water partition coefficient (Wildman–Crippen LogP) is 3.95. The molecule has 3 rings (SSSR count). The monoisotopic (exact) mass is 340 g/mol. The lowest BCUT2D eigenvalue weighted by atomic mass is 9.98. The zero-order valence-corrected chi connectivity index (χ0v) is 15.2. The van der Waals surface area contributed by atoms with Crippen molar-refractivity contribution in [1.82, 2.24) is 4.98 Å². The number of pyridine rings is 1. The van der Waals surface area contributed by atoms with E-state index in [9.17, 15) is 9.59 Å². The summed E-state index contributed by atoms with van der Waals surface area (Å²) < 4.78 is 5.51. The third-order valence-corrected chi connectivity index (χ3v) is 4.36. The molecule has 5 heteroatoms. The molecule has 1 aliphatic rings. The molecule has 2 heterocycles. The fourth-order valence-electron chi connectivity index (χ4n) is 3.12. The van der Waals surface area contributed by atoms with Gasteiger partial charge in [0.1, 0.15) is 5.60 Å². The van der Waals surface area contributed by atoms with E-state index < -0.39 is 5.60 Å². The molecule has 1 saturated heterocycles. The molecular weight excluding hydrogens is 316 g/mol. The zero-order valence-electron chi connectivity index (χ0n) is 15.2. The highest BCUT2D eigenvalue weighted by Crippen LogP contribution is 2.29. The molecule has 1 atom stereocenters. The summed E-state index contributed by atoms with van der Waals surface area (Å²) in [6.07, 6.45) is 3.51. The van der Waals surface area contributed by atoms with Crippen molar-refractivity contribution in [1.29, 1.82) is 0 Å². The number of carbonyl (C=O) groups excluding carboxylic acids is 2. The summed E-state index contributed by atoms with van der Waals surface area (Å²) in [6.45, 7) is 8.19. The second-order valence-electron chi connectivity index (χ2n) is 7.60. The number of piperidine rings is 1. The molecule has 0 bridgehead atoms. The first-order valence-electron chi connectivity index (χ1n) is 8.70. The number of aromatic nitrogens is 1. The van der Waals surface area contributed by atoms with Gasteiger partial charge in [-0.2, -0.15) is 0 Å². The number of fused-ring (bicyclic) bond motifs is 1. The van der Waals surface area contributed by atoms with Gasteiger partial charge in [-0.1, -0.05) is 6.92 Å². The van der Waals surface area contributed by atoms with Crippen LogP contribution in [0.25, 0.3) is 10.9 Å². The maximum atomic E-state index is 12.5. The van der Waals surface area contributed by atoms with Crippen molar-refractivity contribution in [3.63, 3.8) is 0 Å². The Balaban J connectivity index is 2.03. The lowest BCUT2D eigenvalue weighted by molar-refractivity contribution is -0.123. The van der Waals surface area contributed by atoms with E-state index in [-0.39, 0.29) is 17.8 Å². The Bertz CT molecular complexity index is 823. The summed E-state index contributed by atoms with van der Waals surface area (Å²) in [4.78, 5) is 31.2. The van der Waals surface area contributed by atoms with E-state index in [1.807, 2.05) is 45.9 Å². The van der Waals surface area contributed by atoms with Crippen LogP contribution in [0, 0.1) is 5.92 Å². The number of nitrogens with zero attached hydrogens (tertiary/aromatic N) is 2. The van der Waals surface area contributed by atoms with E-state index in [1.165, 1.54) is 0 Å². The third kappa shape index (κ3) is 3.65. The Hall–Kier alpha value is -2.43. The molecule has 1 aromatic carbocycles. The molecule has 0 radical (unpaired) electrons. The molecule has 1 aromatic heterocycles. The lowest BCUT2D eigenvalue weighted by Gasteiger charge is -2.31. The first-order valence-corrected chi connectivity index (χ1v) is 8.70. The Labute approximate surface area is 148 Å². The molecule has 0 saturated carbocycles. The van der Waals surface area contributed by atoms with Crippen LogP contribution < -0.4 is 4.90 Å². The van der Waals surface area contributed by atoms with Gasteiger partial charge in [0, 0.05) is 29.7 Å². The van der Waals surface area contributed by atoms with Crippen LogP contribution in [0.2, 0.25) is 0 Å². The Kier molecular flexibility index (Phi) is 4.50. The fraction of sp³-hybridized carbons (Fsp3) is 0.450. The second kappa shape index (κ2) is 6.47. The van der Waals surface area contributed by atoms with Crippen molar-refractivity contribution in [2.45, 2.75) is 46.1 Å². The number of ether oxygens (including phenoxy) is 1. The average Bonchev–Trinajstić information content (AvgIpc) is 2.55. The van der Waals surface area contributed by atoms with E-state index in [2.05, 4.69) is 4.98 Å². The average molecular weight is 340 g/mol. The van der Waals surface area contributed by atoms with Gasteiger partial charge in [0.2, 0.25) is 5.91 Å².